The van der Waals surface area contributed by atoms with Gasteiger partial charge in [-0.3, -0.25) is 10.1 Å². The molecule has 0 amide bonds. The molecule has 1 aromatic carbocycles. The fourth-order valence-corrected chi connectivity index (χ4v) is 2.23. The number of nitrogens with one attached hydrogen (secondary N) is 1. The quantitative estimate of drug-likeness (QED) is 0.486. The highest BCUT2D eigenvalue weighted by molar-refractivity contribution is 8.00. The van der Waals surface area contributed by atoms with E-state index in [1.54, 1.807) is 30.9 Å². The molecule has 5 heteroatoms. The maximum Gasteiger partial charge on any atom is 0.272 e. The van der Waals surface area contributed by atoms with Crippen molar-refractivity contribution in [1.29, 1.82) is 0 Å². The van der Waals surface area contributed by atoms with Crippen LogP contribution in [-0.2, 0) is 0 Å². The summed E-state index contributed by atoms with van der Waals surface area (Å²) in [5.41, 5.74) is 0.914. The topological polar surface area (TPSA) is 55.2 Å². The number of non-ortho nitro benzene ring substituents is 1. The average Bonchev–Trinajstić information content (AvgIpc) is 2.28. The molecule has 1 atom stereocenters. The summed E-state index contributed by atoms with van der Waals surface area (Å²) in [6.07, 6.45) is 1.04. The van der Waals surface area contributed by atoms with Gasteiger partial charge in [0, 0.05) is 35.0 Å². The van der Waals surface area contributed by atoms with Crippen LogP contribution in [-0.4, -0.2) is 17.2 Å². The first-order valence-corrected chi connectivity index (χ1v) is 6.08. The Labute approximate surface area is 99.6 Å². The lowest BCUT2D eigenvalue weighted by atomic mass is 10.3. The van der Waals surface area contributed by atoms with Crippen LogP contribution in [0.15, 0.2) is 23.1 Å². The molecule has 0 saturated carbocycles. The van der Waals surface area contributed by atoms with E-state index in [0.29, 0.717) is 5.25 Å². The third-order valence-electron chi connectivity index (χ3n) is 2.30. The monoisotopic (exact) mass is 240 g/mol. The van der Waals surface area contributed by atoms with Gasteiger partial charge in [-0.05, 0) is 12.5 Å². The molecular formula is C11H16N2O2S. The molecule has 0 aliphatic heterocycles. The van der Waals surface area contributed by atoms with E-state index in [0.717, 1.165) is 17.0 Å². The molecular weight excluding hydrogens is 224 g/mol. The minimum absolute atomic E-state index is 0.137. The Bertz CT molecular complexity index is 382. The van der Waals surface area contributed by atoms with E-state index < -0.39 is 0 Å². The summed E-state index contributed by atoms with van der Waals surface area (Å²) in [6.45, 7) is 4.22. The van der Waals surface area contributed by atoms with Gasteiger partial charge in [0.1, 0.15) is 0 Å². The van der Waals surface area contributed by atoms with Crippen molar-refractivity contribution in [3.05, 3.63) is 28.3 Å². The normalized spacial score (nSPS) is 12.2. The Morgan fingerprint density at radius 3 is 2.69 bits per heavy atom. The zero-order valence-electron chi connectivity index (χ0n) is 9.69. The molecule has 16 heavy (non-hydrogen) atoms. The lowest BCUT2D eigenvalue weighted by molar-refractivity contribution is -0.385. The minimum Gasteiger partial charge on any atom is -0.388 e. The maximum atomic E-state index is 10.7. The summed E-state index contributed by atoms with van der Waals surface area (Å²) in [4.78, 5) is 11.3. The Morgan fingerprint density at radius 1 is 1.50 bits per heavy atom. The zero-order chi connectivity index (χ0) is 12.1. The highest BCUT2D eigenvalue weighted by Gasteiger charge is 2.11. The van der Waals surface area contributed by atoms with Gasteiger partial charge in [-0.1, -0.05) is 13.8 Å². The van der Waals surface area contributed by atoms with E-state index in [2.05, 4.69) is 19.2 Å². The van der Waals surface area contributed by atoms with Crippen LogP contribution >= 0.6 is 11.8 Å². The van der Waals surface area contributed by atoms with Gasteiger partial charge in [0.25, 0.3) is 5.69 Å². The molecule has 0 aromatic heterocycles. The molecule has 1 rings (SSSR count). The van der Waals surface area contributed by atoms with Crippen molar-refractivity contribution in [2.45, 2.75) is 30.4 Å². The summed E-state index contributed by atoms with van der Waals surface area (Å²) in [7, 11) is 1.76. The molecule has 0 fully saturated rings. The summed E-state index contributed by atoms with van der Waals surface area (Å²) >= 11 is 1.66. The maximum absolute atomic E-state index is 10.7. The molecule has 0 radical (unpaired) electrons. The van der Waals surface area contributed by atoms with Crippen molar-refractivity contribution >= 4 is 23.1 Å². The lowest BCUT2D eigenvalue weighted by Crippen LogP contribution is -1.96. The van der Waals surface area contributed by atoms with Crippen LogP contribution < -0.4 is 5.32 Å². The van der Waals surface area contributed by atoms with Crippen LogP contribution in [0.5, 0.6) is 0 Å². The fraction of sp³-hybridized carbons (Fsp3) is 0.455. The second-order valence-corrected chi connectivity index (χ2v) is 5.07. The van der Waals surface area contributed by atoms with Crippen molar-refractivity contribution < 1.29 is 4.92 Å². The molecule has 1 aromatic rings. The van der Waals surface area contributed by atoms with Crippen molar-refractivity contribution in [3.8, 4) is 0 Å². The number of nitro benzene ring substituents is 1. The Kier molecular flexibility index (Phi) is 4.61. The van der Waals surface area contributed by atoms with E-state index in [1.165, 1.54) is 0 Å². The molecule has 0 aliphatic carbocycles. The summed E-state index contributed by atoms with van der Waals surface area (Å²) in [6, 6.07) is 5.10. The highest BCUT2D eigenvalue weighted by atomic mass is 32.2. The molecule has 0 spiro atoms. The van der Waals surface area contributed by atoms with Crippen LogP contribution in [0.25, 0.3) is 0 Å². The second kappa shape index (κ2) is 5.75. The largest absolute Gasteiger partial charge is 0.388 e. The van der Waals surface area contributed by atoms with Crippen LogP contribution in [0, 0.1) is 10.1 Å². The molecule has 0 heterocycles. The summed E-state index contributed by atoms with van der Waals surface area (Å²) in [5.74, 6) is 0. The third kappa shape index (κ3) is 3.41. The first kappa shape index (κ1) is 12.8. The molecule has 88 valence electrons. The van der Waals surface area contributed by atoms with Crippen molar-refractivity contribution in [3.63, 3.8) is 0 Å². The standard InChI is InChI=1S/C11H16N2O2S/c1-4-8(2)16-11-6-9(12-3)5-10(7-11)13(14)15/h5-8,12H,4H2,1-3H3. The Hall–Kier alpha value is -1.23. The van der Waals surface area contributed by atoms with Gasteiger partial charge < -0.3 is 5.32 Å². The summed E-state index contributed by atoms with van der Waals surface area (Å²) < 4.78 is 0. The number of rotatable bonds is 5. The van der Waals surface area contributed by atoms with E-state index in [4.69, 9.17) is 0 Å². The third-order valence-corrected chi connectivity index (χ3v) is 3.55. The molecule has 1 unspecified atom stereocenters. The van der Waals surface area contributed by atoms with Crippen molar-refractivity contribution in [2.24, 2.45) is 0 Å². The molecule has 4 nitrogen and oxygen atoms in total. The predicted octanol–water partition coefficient (Wildman–Crippen LogP) is 3.53. The average molecular weight is 240 g/mol. The first-order chi connectivity index (χ1) is 7.56. The minimum atomic E-state index is -0.360. The van der Waals surface area contributed by atoms with Gasteiger partial charge >= 0.3 is 0 Å². The lowest BCUT2D eigenvalue weighted by Gasteiger charge is -2.09. The molecule has 0 aliphatic rings. The molecule has 0 saturated heterocycles. The van der Waals surface area contributed by atoms with Gasteiger partial charge in [-0.2, -0.15) is 0 Å². The first-order valence-electron chi connectivity index (χ1n) is 5.20. The van der Waals surface area contributed by atoms with E-state index >= 15 is 0 Å². The molecule has 0 bridgehead atoms. The number of benzene rings is 1. The van der Waals surface area contributed by atoms with Crippen LogP contribution in [0.3, 0.4) is 0 Å². The van der Waals surface area contributed by atoms with Crippen molar-refractivity contribution in [2.75, 3.05) is 12.4 Å². The number of nitro groups is 1. The fourth-order valence-electron chi connectivity index (χ4n) is 1.22. The summed E-state index contributed by atoms with van der Waals surface area (Å²) in [5, 5.41) is 14.1. The Balaban J connectivity index is 2.99. The van der Waals surface area contributed by atoms with Crippen LogP contribution in [0.1, 0.15) is 20.3 Å². The number of nitrogens with zero attached hydrogens (tertiary/aromatic N) is 1. The van der Waals surface area contributed by atoms with Gasteiger partial charge in [0.15, 0.2) is 0 Å². The van der Waals surface area contributed by atoms with Crippen LogP contribution in [0.4, 0.5) is 11.4 Å². The van der Waals surface area contributed by atoms with Gasteiger partial charge in [-0.15, -0.1) is 11.8 Å². The predicted molar refractivity (Wildman–Crippen MR) is 68.3 cm³/mol. The molecule has 1 N–H and O–H groups in total. The zero-order valence-corrected chi connectivity index (χ0v) is 10.5. The van der Waals surface area contributed by atoms with E-state index in [1.807, 2.05) is 6.07 Å². The smallest absolute Gasteiger partial charge is 0.272 e. The number of anilines is 1. The second-order valence-electron chi connectivity index (χ2n) is 3.56. The van der Waals surface area contributed by atoms with Crippen molar-refractivity contribution in [1.82, 2.24) is 0 Å². The number of thioether (sulfide) groups is 1. The number of hydrogen-bond acceptors (Lipinski definition) is 4. The SMILES string of the molecule is CCC(C)Sc1cc(NC)cc([N+](=O)[O-])c1. The Morgan fingerprint density at radius 2 is 2.19 bits per heavy atom. The van der Waals surface area contributed by atoms with Gasteiger partial charge in [0.05, 0.1) is 4.92 Å². The number of hydrogen-bond donors (Lipinski definition) is 1. The highest BCUT2D eigenvalue weighted by Crippen LogP contribution is 2.31. The van der Waals surface area contributed by atoms with E-state index in [-0.39, 0.29) is 10.6 Å². The van der Waals surface area contributed by atoms with E-state index in [9.17, 15) is 10.1 Å². The van der Waals surface area contributed by atoms with Gasteiger partial charge in [0.2, 0.25) is 0 Å². The van der Waals surface area contributed by atoms with Crippen LogP contribution in [0.2, 0.25) is 0 Å². The van der Waals surface area contributed by atoms with Gasteiger partial charge in [-0.25, -0.2) is 0 Å².